The highest BCUT2D eigenvalue weighted by Gasteiger charge is 2.22. The molecule has 4 aromatic rings. The van der Waals surface area contributed by atoms with Gasteiger partial charge in [0.05, 0.1) is 15.1 Å². The monoisotopic (exact) mass is 488 g/mol. The number of rotatable bonds is 2. The topological polar surface area (TPSA) is 73.8 Å². The lowest BCUT2D eigenvalue weighted by Gasteiger charge is -2.08. The van der Waals surface area contributed by atoms with Crippen LogP contribution in [0.3, 0.4) is 0 Å². The average molecular weight is 491 g/mol. The summed E-state index contributed by atoms with van der Waals surface area (Å²) < 4.78 is 21.2. The molecule has 0 aliphatic carbocycles. The fourth-order valence-electron chi connectivity index (χ4n) is 2.45. The van der Waals surface area contributed by atoms with Crippen molar-refractivity contribution in [3.8, 4) is 17.4 Å². The van der Waals surface area contributed by atoms with Gasteiger partial charge in [-0.3, -0.25) is 0 Å². The van der Waals surface area contributed by atoms with Gasteiger partial charge in [-0.15, -0.1) is 0 Å². The van der Waals surface area contributed by atoms with Gasteiger partial charge in [-0.25, -0.2) is 23.8 Å². The summed E-state index contributed by atoms with van der Waals surface area (Å²) in [6.45, 7) is 0. The van der Waals surface area contributed by atoms with E-state index in [0.29, 0.717) is 9.63 Å². The van der Waals surface area contributed by atoms with Gasteiger partial charge in [0.1, 0.15) is 21.2 Å². The molecular formula is C16H5BrCl3FN4O2. The lowest BCUT2D eigenvalue weighted by molar-refractivity contribution is 0.508. The number of benzene rings is 1. The Balaban J connectivity index is 2.03. The van der Waals surface area contributed by atoms with Crippen molar-refractivity contribution in [3.05, 3.63) is 66.4 Å². The SMILES string of the molecule is O=c1oc(-c2cc(Br)nn2-c2ncccc2Cl)nc2c(Cl)cc(Cl)c(F)c12. The number of hydrogen-bond acceptors (Lipinski definition) is 5. The highest BCUT2D eigenvalue weighted by molar-refractivity contribution is 9.10. The first-order valence-corrected chi connectivity index (χ1v) is 9.14. The minimum absolute atomic E-state index is 0.00606. The van der Waals surface area contributed by atoms with Gasteiger partial charge in [0.15, 0.2) is 11.6 Å². The van der Waals surface area contributed by atoms with E-state index in [2.05, 4.69) is 31.0 Å². The second-order valence-corrected chi connectivity index (χ2v) is 7.29. The fourth-order valence-corrected chi connectivity index (χ4v) is 3.54. The molecule has 0 saturated heterocycles. The van der Waals surface area contributed by atoms with Crippen LogP contribution in [0.25, 0.3) is 28.3 Å². The Morgan fingerprint density at radius 3 is 2.67 bits per heavy atom. The first-order chi connectivity index (χ1) is 12.9. The summed E-state index contributed by atoms with van der Waals surface area (Å²) in [5.74, 6) is -0.805. The van der Waals surface area contributed by atoms with Crippen LogP contribution in [-0.2, 0) is 0 Å². The van der Waals surface area contributed by atoms with Crippen molar-refractivity contribution in [1.29, 1.82) is 0 Å². The zero-order valence-corrected chi connectivity index (χ0v) is 16.7. The van der Waals surface area contributed by atoms with Crippen LogP contribution in [-0.4, -0.2) is 19.7 Å². The minimum atomic E-state index is -0.979. The van der Waals surface area contributed by atoms with Gasteiger partial charge in [0, 0.05) is 12.3 Å². The molecule has 1 aromatic carbocycles. The molecule has 0 fully saturated rings. The first kappa shape index (κ1) is 18.4. The lowest BCUT2D eigenvalue weighted by Crippen LogP contribution is -2.09. The van der Waals surface area contributed by atoms with Crippen molar-refractivity contribution in [2.75, 3.05) is 0 Å². The quantitative estimate of drug-likeness (QED) is 0.357. The average Bonchev–Trinajstić information content (AvgIpc) is 3.01. The third kappa shape index (κ3) is 3.12. The number of pyridine rings is 1. The van der Waals surface area contributed by atoms with Gasteiger partial charge < -0.3 is 4.42 Å². The molecule has 6 nitrogen and oxygen atoms in total. The van der Waals surface area contributed by atoms with Crippen molar-refractivity contribution < 1.29 is 8.81 Å². The fraction of sp³-hybridized carbons (Fsp3) is 0. The number of hydrogen-bond donors (Lipinski definition) is 0. The Hall–Kier alpha value is -2.00. The number of nitrogens with zero attached hydrogens (tertiary/aromatic N) is 4. The molecule has 0 N–H and O–H groups in total. The van der Waals surface area contributed by atoms with Gasteiger partial charge in [-0.1, -0.05) is 34.8 Å². The lowest BCUT2D eigenvalue weighted by atomic mass is 10.2. The molecule has 0 bridgehead atoms. The maximum atomic E-state index is 14.2. The van der Waals surface area contributed by atoms with E-state index in [1.807, 2.05) is 0 Å². The zero-order chi connectivity index (χ0) is 19.3. The van der Waals surface area contributed by atoms with Crippen LogP contribution in [0.1, 0.15) is 0 Å². The van der Waals surface area contributed by atoms with Gasteiger partial charge in [0.2, 0.25) is 5.89 Å². The van der Waals surface area contributed by atoms with Gasteiger partial charge in [-0.05, 0) is 34.1 Å². The number of fused-ring (bicyclic) bond motifs is 1. The highest BCUT2D eigenvalue weighted by Crippen LogP contribution is 2.32. The summed E-state index contributed by atoms with van der Waals surface area (Å²) in [5, 5.41) is 3.82. The molecular weight excluding hydrogens is 485 g/mol. The van der Waals surface area contributed by atoms with Crippen LogP contribution in [0.4, 0.5) is 4.39 Å². The second kappa shape index (κ2) is 6.87. The van der Waals surface area contributed by atoms with Crippen LogP contribution in [0.15, 0.2) is 44.3 Å². The summed E-state index contributed by atoms with van der Waals surface area (Å²) in [5.41, 5.74) is -0.804. The van der Waals surface area contributed by atoms with Crippen LogP contribution in [0, 0.1) is 5.82 Å². The molecule has 4 rings (SSSR count). The van der Waals surface area contributed by atoms with Crippen molar-refractivity contribution in [2.24, 2.45) is 0 Å². The summed E-state index contributed by atoms with van der Waals surface area (Å²) in [6.07, 6.45) is 1.53. The Morgan fingerprint density at radius 1 is 1.15 bits per heavy atom. The third-order valence-electron chi connectivity index (χ3n) is 3.59. The summed E-state index contributed by atoms with van der Waals surface area (Å²) in [6, 6.07) is 5.99. The Bertz CT molecular complexity index is 1270. The normalized spacial score (nSPS) is 11.3. The van der Waals surface area contributed by atoms with E-state index in [1.54, 1.807) is 18.2 Å². The van der Waals surface area contributed by atoms with Gasteiger partial charge >= 0.3 is 5.63 Å². The summed E-state index contributed by atoms with van der Waals surface area (Å²) in [4.78, 5) is 20.7. The van der Waals surface area contributed by atoms with Crippen LogP contribution in [0.2, 0.25) is 15.1 Å². The van der Waals surface area contributed by atoms with Crippen LogP contribution in [0.5, 0.6) is 0 Å². The number of halogens is 5. The molecule has 11 heteroatoms. The molecule has 0 aliphatic heterocycles. The van der Waals surface area contributed by atoms with Crippen molar-refractivity contribution in [3.63, 3.8) is 0 Å². The number of aromatic nitrogens is 4. The molecule has 27 heavy (non-hydrogen) atoms. The minimum Gasteiger partial charge on any atom is -0.401 e. The van der Waals surface area contributed by atoms with E-state index in [9.17, 15) is 9.18 Å². The first-order valence-electron chi connectivity index (χ1n) is 7.22. The van der Waals surface area contributed by atoms with Crippen LogP contribution >= 0.6 is 50.7 Å². The summed E-state index contributed by atoms with van der Waals surface area (Å²) in [7, 11) is 0. The maximum Gasteiger partial charge on any atom is 0.350 e. The molecule has 0 spiro atoms. The molecule has 3 aromatic heterocycles. The van der Waals surface area contributed by atoms with E-state index in [-0.39, 0.29) is 33.0 Å². The molecule has 136 valence electrons. The Labute approximate surface area is 173 Å². The smallest absolute Gasteiger partial charge is 0.350 e. The van der Waals surface area contributed by atoms with E-state index in [0.717, 1.165) is 0 Å². The van der Waals surface area contributed by atoms with E-state index < -0.39 is 16.8 Å². The molecule has 0 amide bonds. The van der Waals surface area contributed by atoms with Gasteiger partial charge in [0.25, 0.3) is 0 Å². The highest BCUT2D eigenvalue weighted by atomic mass is 79.9. The summed E-state index contributed by atoms with van der Waals surface area (Å²) >= 11 is 21.3. The maximum absolute atomic E-state index is 14.2. The largest absolute Gasteiger partial charge is 0.401 e. The molecule has 0 aliphatic rings. The standard InChI is InChI=1S/C16H5BrCl3FN4O2/c17-10-5-9(25(24-10)14-6(18)2-1-3-22-14)15-23-13-8(20)4-7(19)12(21)11(13)16(26)27-15/h1-5H. The Kier molecular flexibility index (Phi) is 4.67. The zero-order valence-electron chi connectivity index (χ0n) is 12.9. The van der Waals surface area contributed by atoms with Crippen molar-refractivity contribution >= 4 is 61.6 Å². The Morgan fingerprint density at radius 2 is 1.93 bits per heavy atom. The molecule has 0 atom stereocenters. The van der Waals surface area contributed by atoms with E-state index >= 15 is 0 Å². The predicted octanol–water partition coefficient (Wildman–Crippen LogP) is 5.30. The van der Waals surface area contributed by atoms with Crippen LogP contribution < -0.4 is 5.63 Å². The predicted molar refractivity (Wildman–Crippen MR) is 103 cm³/mol. The van der Waals surface area contributed by atoms with E-state index in [4.69, 9.17) is 39.2 Å². The van der Waals surface area contributed by atoms with E-state index in [1.165, 1.54) is 16.9 Å². The third-order valence-corrected chi connectivity index (χ3v) is 4.84. The second-order valence-electron chi connectivity index (χ2n) is 5.26. The molecule has 0 radical (unpaired) electrons. The molecule has 3 heterocycles. The molecule has 0 saturated carbocycles. The van der Waals surface area contributed by atoms with Crippen molar-refractivity contribution in [1.82, 2.24) is 19.7 Å². The molecule has 0 unspecified atom stereocenters. The van der Waals surface area contributed by atoms with Gasteiger partial charge in [-0.2, -0.15) is 5.10 Å². The van der Waals surface area contributed by atoms with Crippen molar-refractivity contribution in [2.45, 2.75) is 0 Å².